The Kier molecular flexibility index (Phi) is 3.38. The molecule has 0 radical (unpaired) electrons. The second kappa shape index (κ2) is 5.13. The van der Waals surface area contributed by atoms with Gasteiger partial charge in [-0.05, 0) is 25.1 Å². The lowest BCUT2D eigenvalue weighted by Crippen LogP contribution is -2.00. The van der Waals surface area contributed by atoms with Crippen molar-refractivity contribution in [3.05, 3.63) is 58.5 Å². The number of anilines is 1. The van der Waals surface area contributed by atoms with Gasteiger partial charge in [0.25, 0.3) is 5.69 Å². The van der Waals surface area contributed by atoms with Crippen LogP contribution in [-0.4, -0.2) is 10.6 Å². The highest BCUT2D eigenvalue weighted by Gasteiger charge is 2.11. The number of nitro groups is 1. The summed E-state index contributed by atoms with van der Waals surface area (Å²) >= 11 is 0. The lowest BCUT2D eigenvalue weighted by Gasteiger charge is -2.02. The minimum Gasteiger partial charge on any atom is -0.463 e. The molecule has 1 aromatic carbocycles. The molecule has 0 fully saturated rings. The fourth-order valence-electron chi connectivity index (χ4n) is 1.41. The predicted octanol–water partition coefficient (Wildman–Crippen LogP) is 3.02. The Morgan fingerprint density at radius 2 is 2.11 bits per heavy atom. The fraction of sp³-hybridized carbons (Fsp3) is 0.0833. The lowest BCUT2D eigenvalue weighted by molar-refractivity contribution is -0.384. The highest BCUT2D eigenvalue weighted by molar-refractivity contribution is 5.96. The molecule has 0 aliphatic heterocycles. The zero-order valence-corrected chi connectivity index (χ0v) is 9.66. The highest BCUT2D eigenvalue weighted by Crippen LogP contribution is 2.23. The number of nitro benzene ring substituents is 1. The molecule has 1 N–H and O–H groups in total. The van der Waals surface area contributed by atoms with E-state index in [1.54, 1.807) is 43.5 Å². The van der Waals surface area contributed by atoms with Gasteiger partial charge in [-0.2, -0.15) is 5.10 Å². The van der Waals surface area contributed by atoms with Crippen LogP contribution in [0.1, 0.15) is 12.7 Å². The molecule has 2 aromatic rings. The molecule has 92 valence electrons. The van der Waals surface area contributed by atoms with Gasteiger partial charge in [-0.25, -0.2) is 0 Å². The van der Waals surface area contributed by atoms with Crippen LogP contribution in [0.2, 0.25) is 0 Å². The molecular weight excluding hydrogens is 234 g/mol. The second-order valence-corrected chi connectivity index (χ2v) is 3.56. The van der Waals surface area contributed by atoms with Gasteiger partial charge >= 0.3 is 0 Å². The van der Waals surface area contributed by atoms with Crippen molar-refractivity contribution in [3.63, 3.8) is 0 Å². The van der Waals surface area contributed by atoms with E-state index in [2.05, 4.69) is 10.5 Å². The van der Waals surface area contributed by atoms with E-state index < -0.39 is 4.92 Å². The fourth-order valence-corrected chi connectivity index (χ4v) is 1.41. The number of para-hydroxylation sites is 2. The summed E-state index contributed by atoms with van der Waals surface area (Å²) in [5.41, 5.74) is 3.60. The zero-order chi connectivity index (χ0) is 13.0. The molecule has 6 nitrogen and oxygen atoms in total. The van der Waals surface area contributed by atoms with Crippen molar-refractivity contribution in [2.45, 2.75) is 6.92 Å². The van der Waals surface area contributed by atoms with Gasteiger partial charge in [0.2, 0.25) is 0 Å². The van der Waals surface area contributed by atoms with Crippen LogP contribution in [0.4, 0.5) is 11.4 Å². The molecule has 0 saturated carbocycles. The van der Waals surface area contributed by atoms with Gasteiger partial charge in [-0.3, -0.25) is 15.5 Å². The number of nitrogens with zero attached hydrogens (tertiary/aromatic N) is 2. The van der Waals surface area contributed by atoms with Gasteiger partial charge in [-0.15, -0.1) is 0 Å². The first-order valence-corrected chi connectivity index (χ1v) is 5.26. The summed E-state index contributed by atoms with van der Waals surface area (Å²) in [4.78, 5) is 10.3. The SMILES string of the molecule is CC(=NNc1ccccc1[N+](=O)[O-])c1ccco1. The summed E-state index contributed by atoms with van der Waals surface area (Å²) in [6.45, 7) is 1.75. The van der Waals surface area contributed by atoms with E-state index in [4.69, 9.17) is 4.42 Å². The zero-order valence-electron chi connectivity index (χ0n) is 9.66. The van der Waals surface area contributed by atoms with Crippen molar-refractivity contribution in [1.82, 2.24) is 0 Å². The van der Waals surface area contributed by atoms with Crippen LogP contribution >= 0.6 is 0 Å². The Morgan fingerprint density at radius 3 is 2.78 bits per heavy atom. The quantitative estimate of drug-likeness (QED) is 0.510. The summed E-state index contributed by atoms with van der Waals surface area (Å²) in [5, 5.41) is 14.8. The van der Waals surface area contributed by atoms with Gasteiger partial charge < -0.3 is 4.42 Å². The third kappa shape index (κ3) is 2.54. The minimum absolute atomic E-state index is 0.0199. The molecule has 0 atom stereocenters. The van der Waals surface area contributed by atoms with Gasteiger partial charge in [0, 0.05) is 6.07 Å². The van der Waals surface area contributed by atoms with Crippen molar-refractivity contribution in [2.75, 3.05) is 5.43 Å². The lowest BCUT2D eigenvalue weighted by atomic mass is 10.3. The van der Waals surface area contributed by atoms with E-state index in [0.29, 0.717) is 17.2 Å². The molecule has 0 spiro atoms. The Balaban J connectivity index is 2.20. The molecule has 0 unspecified atom stereocenters. The van der Waals surface area contributed by atoms with Crippen molar-refractivity contribution >= 4 is 17.1 Å². The third-order valence-electron chi connectivity index (χ3n) is 2.32. The topological polar surface area (TPSA) is 80.7 Å². The minimum atomic E-state index is -0.458. The normalized spacial score (nSPS) is 11.3. The van der Waals surface area contributed by atoms with E-state index in [-0.39, 0.29) is 5.69 Å². The third-order valence-corrected chi connectivity index (χ3v) is 2.32. The molecule has 1 heterocycles. The number of rotatable bonds is 4. The van der Waals surface area contributed by atoms with Crippen LogP contribution in [0.25, 0.3) is 0 Å². The maximum absolute atomic E-state index is 10.8. The van der Waals surface area contributed by atoms with Gasteiger partial charge in [-0.1, -0.05) is 12.1 Å². The van der Waals surface area contributed by atoms with Crippen LogP contribution in [0.3, 0.4) is 0 Å². The average Bonchev–Trinajstić information content (AvgIpc) is 2.90. The number of hydrogen-bond acceptors (Lipinski definition) is 5. The van der Waals surface area contributed by atoms with E-state index >= 15 is 0 Å². The number of nitrogens with one attached hydrogen (secondary N) is 1. The van der Waals surface area contributed by atoms with E-state index in [0.717, 1.165) is 0 Å². The molecule has 0 bridgehead atoms. The van der Waals surface area contributed by atoms with Gasteiger partial charge in [0.15, 0.2) is 0 Å². The second-order valence-electron chi connectivity index (χ2n) is 3.56. The molecule has 18 heavy (non-hydrogen) atoms. The smallest absolute Gasteiger partial charge is 0.294 e. The maximum Gasteiger partial charge on any atom is 0.294 e. The number of hydrogen-bond donors (Lipinski definition) is 1. The number of furan rings is 1. The molecule has 0 aliphatic rings. The molecule has 0 amide bonds. The molecule has 0 aliphatic carbocycles. The van der Waals surface area contributed by atoms with Crippen molar-refractivity contribution in [2.24, 2.45) is 5.10 Å². The predicted molar refractivity (Wildman–Crippen MR) is 67.6 cm³/mol. The largest absolute Gasteiger partial charge is 0.463 e. The van der Waals surface area contributed by atoms with E-state index in [1.165, 1.54) is 6.07 Å². The maximum atomic E-state index is 10.8. The van der Waals surface area contributed by atoms with Gasteiger partial charge in [0.1, 0.15) is 17.2 Å². The van der Waals surface area contributed by atoms with Crippen LogP contribution in [0.15, 0.2) is 52.2 Å². The van der Waals surface area contributed by atoms with Gasteiger partial charge in [0.05, 0.1) is 11.2 Å². The molecular formula is C12H11N3O3. The van der Waals surface area contributed by atoms with Crippen molar-refractivity contribution in [1.29, 1.82) is 0 Å². The van der Waals surface area contributed by atoms with Crippen LogP contribution in [0.5, 0.6) is 0 Å². The Morgan fingerprint density at radius 1 is 1.33 bits per heavy atom. The van der Waals surface area contributed by atoms with Crippen LogP contribution in [-0.2, 0) is 0 Å². The average molecular weight is 245 g/mol. The summed E-state index contributed by atoms with van der Waals surface area (Å²) in [6.07, 6.45) is 1.54. The first kappa shape index (κ1) is 11.8. The standard InChI is InChI=1S/C12H11N3O3/c1-9(12-7-4-8-18-12)13-14-10-5-2-3-6-11(10)15(16)17/h2-8,14H,1H3. The number of hydrazone groups is 1. The van der Waals surface area contributed by atoms with E-state index in [9.17, 15) is 10.1 Å². The Bertz CT molecular complexity index is 576. The molecule has 1 aromatic heterocycles. The first-order chi connectivity index (χ1) is 8.68. The van der Waals surface area contributed by atoms with E-state index in [1.807, 2.05) is 0 Å². The van der Waals surface area contributed by atoms with Crippen molar-refractivity contribution < 1.29 is 9.34 Å². The molecule has 0 saturated heterocycles. The summed E-state index contributed by atoms with van der Waals surface area (Å²) in [6, 6.07) is 9.83. The van der Waals surface area contributed by atoms with Crippen molar-refractivity contribution in [3.8, 4) is 0 Å². The van der Waals surface area contributed by atoms with Crippen LogP contribution in [0, 0.1) is 10.1 Å². The Hall–Kier alpha value is -2.63. The summed E-state index contributed by atoms with van der Waals surface area (Å²) in [5.74, 6) is 0.612. The first-order valence-electron chi connectivity index (χ1n) is 5.26. The monoisotopic (exact) mass is 245 g/mol. The summed E-state index contributed by atoms with van der Waals surface area (Å²) in [7, 11) is 0. The summed E-state index contributed by atoms with van der Waals surface area (Å²) < 4.78 is 5.16. The number of benzene rings is 1. The Labute approximate surface area is 103 Å². The molecule has 6 heteroatoms. The van der Waals surface area contributed by atoms with Crippen LogP contribution < -0.4 is 5.43 Å². The molecule has 2 rings (SSSR count). The highest BCUT2D eigenvalue weighted by atomic mass is 16.6.